The van der Waals surface area contributed by atoms with Crippen LogP contribution in [0.15, 0.2) is 59.6 Å². The molecule has 30 heavy (non-hydrogen) atoms. The minimum Gasteiger partial charge on any atom is -0.293 e. The third-order valence-corrected chi connectivity index (χ3v) is 7.90. The van der Waals surface area contributed by atoms with Crippen LogP contribution < -0.4 is 0 Å². The number of aryl methyl sites for hydroxylation is 1. The zero-order valence-corrected chi connectivity index (χ0v) is 19.2. The Bertz CT molecular complexity index is 923. The lowest BCUT2D eigenvalue weighted by atomic mass is 9.50. The summed E-state index contributed by atoms with van der Waals surface area (Å²) in [6, 6.07) is 17.8. The van der Waals surface area contributed by atoms with Gasteiger partial charge in [0.05, 0.1) is 0 Å². The summed E-state index contributed by atoms with van der Waals surface area (Å²) in [6.07, 6.45) is 12.7. The van der Waals surface area contributed by atoms with Gasteiger partial charge in [-0.3, -0.25) is 4.99 Å². The van der Waals surface area contributed by atoms with Gasteiger partial charge in [-0.05, 0) is 76.7 Å². The second kappa shape index (κ2) is 8.53. The normalized spacial score (nSPS) is 28.8. The maximum atomic E-state index is 4.89. The number of hydrogen-bond acceptors (Lipinski definition) is 1. The van der Waals surface area contributed by atoms with E-state index in [2.05, 4.69) is 88.4 Å². The SMILES string of the molecule is CC(C)c1ccc2c(c1)CC[C@H]1[C@@](C)(CN=CC=Cc3ccccc3)CCC[C@]21C. The Morgan fingerprint density at radius 2 is 1.87 bits per heavy atom. The molecule has 1 nitrogen and oxygen atoms in total. The highest BCUT2D eigenvalue weighted by molar-refractivity contribution is 5.78. The third-order valence-electron chi connectivity index (χ3n) is 7.90. The summed E-state index contributed by atoms with van der Waals surface area (Å²) in [6.45, 7) is 10.6. The van der Waals surface area contributed by atoms with Crippen LogP contribution >= 0.6 is 0 Å². The van der Waals surface area contributed by atoms with Gasteiger partial charge in [-0.15, -0.1) is 0 Å². The Morgan fingerprint density at radius 1 is 1.07 bits per heavy atom. The lowest BCUT2D eigenvalue weighted by Crippen LogP contribution is -2.50. The number of allylic oxidation sites excluding steroid dienone is 1. The van der Waals surface area contributed by atoms with Crippen LogP contribution in [0.4, 0.5) is 0 Å². The molecule has 0 N–H and O–H groups in total. The minimum atomic E-state index is 0.290. The molecule has 4 rings (SSSR count). The molecule has 1 saturated carbocycles. The molecule has 158 valence electrons. The van der Waals surface area contributed by atoms with Gasteiger partial charge in [0, 0.05) is 12.8 Å². The summed E-state index contributed by atoms with van der Waals surface area (Å²) in [5.41, 5.74) is 6.54. The Kier molecular flexibility index (Phi) is 6.00. The Morgan fingerprint density at radius 3 is 2.63 bits per heavy atom. The number of aliphatic imine (C=N–C) groups is 1. The molecule has 0 spiro atoms. The predicted octanol–water partition coefficient (Wildman–Crippen LogP) is 7.60. The Labute approximate surface area is 183 Å². The molecule has 0 radical (unpaired) electrons. The van der Waals surface area contributed by atoms with E-state index in [4.69, 9.17) is 4.99 Å². The molecule has 2 aromatic rings. The summed E-state index contributed by atoms with van der Waals surface area (Å²) in [5.74, 6) is 1.32. The molecule has 2 aliphatic rings. The zero-order chi connectivity index (χ0) is 21.2. The molecule has 0 saturated heterocycles. The highest BCUT2D eigenvalue weighted by atomic mass is 14.7. The molecular formula is C29H37N. The lowest BCUT2D eigenvalue weighted by molar-refractivity contribution is 0.0332. The van der Waals surface area contributed by atoms with Crippen LogP contribution in [0.25, 0.3) is 6.08 Å². The highest BCUT2D eigenvalue weighted by Crippen LogP contribution is 2.57. The molecule has 0 aromatic heterocycles. The molecule has 0 bridgehead atoms. The van der Waals surface area contributed by atoms with E-state index in [-0.39, 0.29) is 0 Å². The molecule has 0 heterocycles. The van der Waals surface area contributed by atoms with Crippen molar-refractivity contribution >= 4 is 12.3 Å². The van der Waals surface area contributed by atoms with Gasteiger partial charge in [0.1, 0.15) is 0 Å². The van der Waals surface area contributed by atoms with Crippen molar-refractivity contribution in [2.45, 2.75) is 71.1 Å². The molecular weight excluding hydrogens is 362 g/mol. The van der Waals surface area contributed by atoms with E-state index in [0.717, 1.165) is 6.54 Å². The van der Waals surface area contributed by atoms with Crippen molar-refractivity contribution in [1.82, 2.24) is 0 Å². The van der Waals surface area contributed by atoms with Gasteiger partial charge in [0.25, 0.3) is 0 Å². The first-order valence-electron chi connectivity index (χ1n) is 11.8. The second-order valence-electron chi connectivity index (χ2n) is 10.3. The van der Waals surface area contributed by atoms with Crippen LogP contribution in [-0.4, -0.2) is 12.8 Å². The van der Waals surface area contributed by atoms with Crippen molar-refractivity contribution in [3.8, 4) is 0 Å². The average Bonchev–Trinajstić information content (AvgIpc) is 2.74. The van der Waals surface area contributed by atoms with E-state index in [0.29, 0.717) is 22.7 Å². The Hall–Kier alpha value is -2.15. The van der Waals surface area contributed by atoms with Crippen molar-refractivity contribution < 1.29 is 0 Å². The van der Waals surface area contributed by atoms with Gasteiger partial charge < -0.3 is 0 Å². The lowest BCUT2D eigenvalue weighted by Gasteiger charge is -2.55. The second-order valence-corrected chi connectivity index (χ2v) is 10.3. The van der Waals surface area contributed by atoms with Crippen LogP contribution in [0.2, 0.25) is 0 Å². The fraction of sp³-hybridized carbons (Fsp3) is 0.483. The number of hydrogen-bond donors (Lipinski definition) is 0. The van der Waals surface area contributed by atoms with Crippen molar-refractivity contribution in [1.29, 1.82) is 0 Å². The molecule has 0 amide bonds. The molecule has 3 atom stereocenters. The van der Waals surface area contributed by atoms with Crippen LogP contribution in [0, 0.1) is 11.3 Å². The summed E-state index contributed by atoms with van der Waals surface area (Å²) in [5, 5.41) is 0. The quantitative estimate of drug-likeness (QED) is 0.459. The van der Waals surface area contributed by atoms with E-state index >= 15 is 0 Å². The van der Waals surface area contributed by atoms with Gasteiger partial charge in [0.2, 0.25) is 0 Å². The van der Waals surface area contributed by atoms with E-state index in [1.165, 1.54) is 43.2 Å². The Balaban J connectivity index is 1.51. The molecule has 0 aliphatic heterocycles. The van der Waals surface area contributed by atoms with Crippen LogP contribution in [0.3, 0.4) is 0 Å². The van der Waals surface area contributed by atoms with Crippen molar-refractivity contribution in [2.24, 2.45) is 16.3 Å². The number of fused-ring (bicyclic) bond motifs is 3. The number of benzene rings is 2. The first-order valence-corrected chi connectivity index (χ1v) is 11.8. The van der Waals surface area contributed by atoms with E-state index in [9.17, 15) is 0 Å². The molecule has 1 heteroatoms. The van der Waals surface area contributed by atoms with E-state index < -0.39 is 0 Å². The van der Waals surface area contributed by atoms with Gasteiger partial charge >= 0.3 is 0 Å². The maximum absolute atomic E-state index is 4.89. The standard InChI is InChI=1S/C29H37N/c1-22(2)24-13-15-26-25(20-24)14-16-27-28(3,17-9-18-29(26,27)4)21-30-19-8-12-23-10-6-5-7-11-23/h5-8,10-13,15,19-20,22,27H,9,14,16-18,21H2,1-4H3/t27-,28+,29+/m0/s1. The highest BCUT2D eigenvalue weighted by Gasteiger charge is 2.51. The summed E-state index contributed by atoms with van der Waals surface area (Å²) in [4.78, 5) is 4.89. The molecule has 0 unspecified atom stereocenters. The average molecular weight is 400 g/mol. The van der Waals surface area contributed by atoms with Crippen LogP contribution in [0.5, 0.6) is 0 Å². The first-order chi connectivity index (χ1) is 14.4. The van der Waals surface area contributed by atoms with Gasteiger partial charge in [-0.25, -0.2) is 0 Å². The van der Waals surface area contributed by atoms with Gasteiger partial charge in [-0.1, -0.05) is 88.7 Å². The summed E-state index contributed by atoms with van der Waals surface area (Å²) < 4.78 is 0. The van der Waals surface area contributed by atoms with Crippen LogP contribution in [0.1, 0.15) is 81.5 Å². The van der Waals surface area contributed by atoms with Crippen LogP contribution in [-0.2, 0) is 11.8 Å². The third kappa shape index (κ3) is 4.04. The van der Waals surface area contributed by atoms with Gasteiger partial charge in [0.15, 0.2) is 0 Å². The predicted molar refractivity (Wildman–Crippen MR) is 130 cm³/mol. The largest absolute Gasteiger partial charge is 0.293 e. The summed E-state index contributed by atoms with van der Waals surface area (Å²) >= 11 is 0. The molecule has 2 aliphatic carbocycles. The molecule has 1 fully saturated rings. The smallest absolute Gasteiger partial charge is 0.0446 e. The monoisotopic (exact) mass is 399 g/mol. The zero-order valence-electron chi connectivity index (χ0n) is 19.2. The van der Waals surface area contributed by atoms with Gasteiger partial charge in [-0.2, -0.15) is 0 Å². The van der Waals surface area contributed by atoms with Crippen molar-refractivity contribution in [3.05, 3.63) is 76.9 Å². The first kappa shape index (κ1) is 21.1. The number of rotatable bonds is 5. The van der Waals surface area contributed by atoms with Crippen molar-refractivity contribution in [2.75, 3.05) is 6.54 Å². The summed E-state index contributed by atoms with van der Waals surface area (Å²) in [7, 11) is 0. The van der Waals surface area contributed by atoms with Crippen molar-refractivity contribution in [3.63, 3.8) is 0 Å². The fourth-order valence-electron chi connectivity index (χ4n) is 6.23. The minimum absolute atomic E-state index is 0.290. The topological polar surface area (TPSA) is 12.4 Å². The molecule has 2 aromatic carbocycles. The van der Waals surface area contributed by atoms with E-state index in [1.807, 2.05) is 6.21 Å². The van der Waals surface area contributed by atoms with E-state index in [1.54, 1.807) is 11.1 Å². The maximum Gasteiger partial charge on any atom is 0.0446 e. The number of nitrogens with zero attached hydrogens (tertiary/aromatic N) is 1. The fourth-order valence-corrected chi connectivity index (χ4v) is 6.23.